The summed E-state index contributed by atoms with van der Waals surface area (Å²) in [5.74, 6) is 1.57. The topological polar surface area (TPSA) is 47.9 Å². The van der Waals surface area contributed by atoms with Crippen molar-refractivity contribution in [1.29, 1.82) is 0 Å². The molecule has 3 aromatic rings. The molecule has 0 aliphatic rings. The molecule has 0 radical (unpaired) electrons. The summed E-state index contributed by atoms with van der Waals surface area (Å²) in [6.07, 6.45) is 1.71. The molecule has 104 valence electrons. The van der Waals surface area contributed by atoms with Gasteiger partial charge in [0.15, 0.2) is 11.6 Å². The summed E-state index contributed by atoms with van der Waals surface area (Å²) < 4.78 is 5.75. The van der Waals surface area contributed by atoms with E-state index in [0.29, 0.717) is 22.6 Å². The highest BCUT2D eigenvalue weighted by Crippen LogP contribution is 2.26. The maximum absolute atomic E-state index is 6.06. The SMILES string of the molecule is Cc1ncccc1Oc1cc(Cl)nc(-c2ccccc2)n1. The predicted octanol–water partition coefficient (Wildman–Crippen LogP) is 4.29. The van der Waals surface area contributed by atoms with Crippen LogP contribution >= 0.6 is 11.6 Å². The van der Waals surface area contributed by atoms with Crippen LogP contribution in [0.3, 0.4) is 0 Å². The molecule has 1 aromatic carbocycles. The first-order valence-electron chi connectivity index (χ1n) is 6.42. The third-order valence-corrected chi connectivity index (χ3v) is 3.07. The second kappa shape index (κ2) is 5.89. The zero-order chi connectivity index (χ0) is 14.7. The fourth-order valence-corrected chi connectivity index (χ4v) is 2.03. The summed E-state index contributed by atoms with van der Waals surface area (Å²) in [6.45, 7) is 1.87. The van der Waals surface area contributed by atoms with E-state index in [4.69, 9.17) is 16.3 Å². The molecule has 0 aliphatic heterocycles. The van der Waals surface area contributed by atoms with E-state index in [0.717, 1.165) is 11.3 Å². The number of aryl methyl sites for hydroxylation is 1. The Kier molecular flexibility index (Phi) is 3.79. The van der Waals surface area contributed by atoms with E-state index >= 15 is 0 Å². The van der Waals surface area contributed by atoms with Crippen molar-refractivity contribution in [3.05, 3.63) is 65.6 Å². The van der Waals surface area contributed by atoms with E-state index in [2.05, 4.69) is 15.0 Å². The van der Waals surface area contributed by atoms with Gasteiger partial charge in [-0.15, -0.1) is 0 Å². The van der Waals surface area contributed by atoms with E-state index in [1.165, 1.54) is 0 Å². The Balaban J connectivity index is 1.97. The largest absolute Gasteiger partial charge is 0.437 e. The molecule has 2 aromatic heterocycles. The molecule has 0 fully saturated rings. The van der Waals surface area contributed by atoms with Crippen LogP contribution in [-0.4, -0.2) is 15.0 Å². The summed E-state index contributed by atoms with van der Waals surface area (Å²) in [4.78, 5) is 12.8. The zero-order valence-corrected chi connectivity index (χ0v) is 12.1. The Morgan fingerprint density at radius 1 is 1.00 bits per heavy atom. The molecule has 0 unspecified atom stereocenters. The van der Waals surface area contributed by atoms with Gasteiger partial charge in [0.25, 0.3) is 0 Å². The molecule has 5 heteroatoms. The van der Waals surface area contributed by atoms with Crippen LogP contribution in [0.15, 0.2) is 54.7 Å². The third-order valence-electron chi connectivity index (χ3n) is 2.88. The summed E-state index contributed by atoms with van der Waals surface area (Å²) in [6, 6.07) is 14.8. The Hall–Kier alpha value is -2.46. The molecule has 0 amide bonds. The van der Waals surface area contributed by atoms with Crippen LogP contribution in [0.1, 0.15) is 5.69 Å². The number of benzene rings is 1. The number of hydrogen-bond acceptors (Lipinski definition) is 4. The average Bonchev–Trinajstić information content (AvgIpc) is 2.50. The molecule has 2 heterocycles. The van der Waals surface area contributed by atoms with Gasteiger partial charge in [0.05, 0.1) is 5.69 Å². The Morgan fingerprint density at radius 3 is 2.57 bits per heavy atom. The molecular weight excluding hydrogens is 286 g/mol. The molecular formula is C16H12ClN3O. The van der Waals surface area contributed by atoms with Gasteiger partial charge in [-0.25, -0.2) is 4.98 Å². The lowest BCUT2D eigenvalue weighted by Crippen LogP contribution is -1.96. The molecule has 3 rings (SSSR count). The van der Waals surface area contributed by atoms with Crippen molar-refractivity contribution in [2.45, 2.75) is 6.92 Å². The van der Waals surface area contributed by atoms with Crippen LogP contribution in [0.25, 0.3) is 11.4 Å². The van der Waals surface area contributed by atoms with E-state index in [-0.39, 0.29) is 0 Å². The molecule has 0 spiro atoms. The molecule has 21 heavy (non-hydrogen) atoms. The van der Waals surface area contributed by atoms with E-state index in [9.17, 15) is 0 Å². The van der Waals surface area contributed by atoms with Crippen LogP contribution in [0.5, 0.6) is 11.6 Å². The van der Waals surface area contributed by atoms with Gasteiger partial charge in [0.2, 0.25) is 5.88 Å². The number of halogens is 1. The molecule has 0 atom stereocenters. The number of hydrogen-bond donors (Lipinski definition) is 0. The van der Waals surface area contributed by atoms with Crippen molar-refractivity contribution in [3.8, 4) is 23.0 Å². The first-order valence-corrected chi connectivity index (χ1v) is 6.79. The Morgan fingerprint density at radius 2 is 1.81 bits per heavy atom. The van der Waals surface area contributed by atoms with Crippen molar-refractivity contribution in [2.75, 3.05) is 0 Å². The number of rotatable bonds is 3. The highest BCUT2D eigenvalue weighted by Gasteiger charge is 2.08. The van der Waals surface area contributed by atoms with E-state index in [1.807, 2.05) is 49.4 Å². The van der Waals surface area contributed by atoms with Gasteiger partial charge >= 0.3 is 0 Å². The standard InChI is InChI=1S/C16H12ClN3O/c1-11-13(8-5-9-18-11)21-15-10-14(17)19-16(20-15)12-6-3-2-4-7-12/h2-10H,1H3. The predicted molar refractivity (Wildman–Crippen MR) is 81.5 cm³/mol. The summed E-state index contributed by atoms with van der Waals surface area (Å²) in [5, 5.41) is 0.334. The van der Waals surface area contributed by atoms with Crippen molar-refractivity contribution < 1.29 is 4.74 Å². The van der Waals surface area contributed by atoms with Gasteiger partial charge in [0, 0.05) is 17.8 Å². The third kappa shape index (κ3) is 3.17. The van der Waals surface area contributed by atoms with Crippen molar-refractivity contribution >= 4 is 11.6 Å². The molecule has 0 saturated heterocycles. The van der Waals surface area contributed by atoms with Crippen LogP contribution in [0, 0.1) is 6.92 Å². The number of aromatic nitrogens is 3. The minimum absolute atomic E-state index is 0.334. The van der Waals surface area contributed by atoms with Gasteiger partial charge in [-0.05, 0) is 19.1 Å². The number of nitrogens with zero attached hydrogens (tertiary/aromatic N) is 3. The van der Waals surface area contributed by atoms with Gasteiger partial charge in [-0.3, -0.25) is 4.98 Å². The first-order chi connectivity index (χ1) is 10.2. The van der Waals surface area contributed by atoms with Crippen LogP contribution in [0.2, 0.25) is 5.15 Å². The summed E-state index contributed by atoms with van der Waals surface area (Å²) in [7, 11) is 0. The number of pyridine rings is 1. The van der Waals surface area contributed by atoms with Gasteiger partial charge in [-0.1, -0.05) is 41.9 Å². The molecule has 0 saturated carbocycles. The van der Waals surface area contributed by atoms with Crippen LogP contribution < -0.4 is 4.74 Å². The second-order valence-electron chi connectivity index (χ2n) is 4.41. The van der Waals surface area contributed by atoms with Crippen molar-refractivity contribution in [2.24, 2.45) is 0 Å². The highest BCUT2D eigenvalue weighted by molar-refractivity contribution is 6.29. The van der Waals surface area contributed by atoms with Gasteiger partial charge < -0.3 is 4.74 Å². The Labute approximate surface area is 127 Å². The maximum atomic E-state index is 6.06. The summed E-state index contributed by atoms with van der Waals surface area (Å²) >= 11 is 6.06. The molecule has 0 bridgehead atoms. The lowest BCUT2D eigenvalue weighted by Gasteiger charge is -2.08. The second-order valence-corrected chi connectivity index (χ2v) is 4.79. The maximum Gasteiger partial charge on any atom is 0.224 e. The van der Waals surface area contributed by atoms with E-state index < -0.39 is 0 Å². The Bertz CT molecular complexity index is 762. The lowest BCUT2D eigenvalue weighted by molar-refractivity contribution is 0.456. The minimum Gasteiger partial charge on any atom is -0.437 e. The molecule has 0 N–H and O–H groups in total. The van der Waals surface area contributed by atoms with Crippen molar-refractivity contribution in [1.82, 2.24) is 15.0 Å². The molecule has 4 nitrogen and oxygen atoms in total. The van der Waals surface area contributed by atoms with Gasteiger partial charge in [0.1, 0.15) is 5.15 Å². The summed E-state index contributed by atoms with van der Waals surface area (Å²) in [5.41, 5.74) is 1.67. The average molecular weight is 298 g/mol. The fraction of sp³-hybridized carbons (Fsp3) is 0.0625. The minimum atomic E-state index is 0.334. The van der Waals surface area contributed by atoms with E-state index in [1.54, 1.807) is 12.3 Å². The normalized spacial score (nSPS) is 10.4. The fourth-order valence-electron chi connectivity index (χ4n) is 1.86. The zero-order valence-electron chi connectivity index (χ0n) is 11.3. The van der Waals surface area contributed by atoms with Gasteiger partial charge in [-0.2, -0.15) is 4.98 Å². The first kappa shape index (κ1) is 13.5. The smallest absolute Gasteiger partial charge is 0.224 e. The molecule has 0 aliphatic carbocycles. The highest BCUT2D eigenvalue weighted by atomic mass is 35.5. The van der Waals surface area contributed by atoms with Crippen LogP contribution in [-0.2, 0) is 0 Å². The van der Waals surface area contributed by atoms with Crippen molar-refractivity contribution in [3.63, 3.8) is 0 Å². The quantitative estimate of drug-likeness (QED) is 0.677. The van der Waals surface area contributed by atoms with Crippen LogP contribution in [0.4, 0.5) is 0 Å². The number of ether oxygens (including phenoxy) is 1. The lowest BCUT2D eigenvalue weighted by atomic mass is 10.2. The monoisotopic (exact) mass is 297 g/mol.